The van der Waals surface area contributed by atoms with Crippen molar-refractivity contribution in [2.45, 2.75) is 19.9 Å². The molecule has 0 radical (unpaired) electrons. The highest BCUT2D eigenvalue weighted by atomic mass is 19.1. The lowest BCUT2D eigenvalue weighted by Gasteiger charge is -2.26. The topological polar surface area (TPSA) is 63.7 Å². The smallest absolute Gasteiger partial charge is 0.329 e. The van der Waals surface area contributed by atoms with E-state index < -0.39 is 29.6 Å². The SMILES string of the molecule is COC(=O)[C@H](C(C)C)N1C(=O)c2cccc(F)c2C1=O. The van der Waals surface area contributed by atoms with E-state index in [2.05, 4.69) is 4.74 Å². The number of amides is 2. The van der Waals surface area contributed by atoms with Gasteiger partial charge in [-0.3, -0.25) is 14.5 Å². The normalized spacial score (nSPS) is 15.6. The van der Waals surface area contributed by atoms with E-state index in [4.69, 9.17) is 0 Å². The Bertz CT molecular complexity index is 597. The number of esters is 1. The number of hydrogen-bond donors (Lipinski definition) is 0. The summed E-state index contributed by atoms with van der Waals surface area (Å²) in [6.45, 7) is 3.36. The molecule has 0 fully saturated rings. The van der Waals surface area contributed by atoms with Crippen LogP contribution in [0.25, 0.3) is 0 Å². The first-order chi connectivity index (χ1) is 9.40. The molecular weight excluding hydrogens is 265 g/mol. The van der Waals surface area contributed by atoms with Crippen molar-refractivity contribution in [1.82, 2.24) is 4.90 Å². The second kappa shape index (κ2) is 5.03. The van der Waals surface area contributed by atoms with Crippen LogP contribution in [0.5, 0.6) is 0 Å². The minimum Gasteiger partial charge on any atom is -0.467 e. The molecule has 0 spiro atoms. The van der Waals surface area contributed by atoms with Crippen molar-refractivity contribution in [2.75, 3.05) is 7.11 Å². The summed E-state index contributed by atoms with van der Waals surface area (Å²) >= 11 is 0. The van der Waals surface area contributed by atoms with Crippen molar-refractivity contribution in [2.24, 2.45) is 5.92 Å². The number of fused-ring (bicyclic) bond motifs is 1. The van der Waals surface area contributed by atoms with E-state index in [-0.39, 0.29) is 17.0 Å². The van der Waals surface area contributed by atoms with Gasteiger partial charge in [-0.05, 0) is 18.1 Å². The first kappa shape index (κ1) is 14.2. The largest absolute Gasteiger partial charge is 0.467 e. The molecule has 1 atom stereocenters. The summed E-state index contributed by atoms with van der Waals surface area (Å²) in [7, 11) is 1.18. The Hall–Kier alpha value is -2.24. The molecule has 6 heteroatoms. The Morgan fingerprint density at radius 1 is 1.25 bits per heavy atom. The number of hydrogen-bond acceptors (Lipinski definition) is 4. The first-order valence-corrected chi connectivity index (χ1v) is 6.14. The molecule has 0 saturated heterocycles. The molecule has 0 unspecified atom stereocenters. The third kappa shape index (κ3) is 1.97. The molecule has 0 N–H and O–H groups in total. The molecule has 20 heavy (non-hydrogen) atoms. The predicted molar refractivity (Wildman–Crippen MR) is 67.5 cm³/mol. The number of methoxy groups -OCH3 is 1. The maximum atomic E-state index is 13.7. The number of ether oxygens (including phenoxy) is 1. The molecule has 2 rings (SSSR count). The van der Waals surface area contributed by atoms with Crippen LogP contribution in [-0.4, -0.2) is 35.8 Å². The summed E-state index contributed by atoms with van der Waals surface area (Å²) in [5, 5.41) is 0. The second-order valence-electron chi connectivity index (χ2n) is 4.85. The number of carbonyl (C=O) groups excluding carboxylic acids is 3. The van der Waals surface area contributed by atoms with Gasteiger partial charge in [0, 0.05) is 0 Å². The average Bonchev–Trinajstić information content (AvgIpc) is 2.65. The Morgan fingerprint density at radius 2 is 1.90 bits per heavy atom. The summed E-state index contributed by atoms with van der Waals surface area (Å²) in [5.41, 5.74) is -0.309. The molecule has 5 nitrogen and oxygen atoms in total. The standard InChI is InChI=1S/C14H14FNO4/c1-7(2)11(14(19)20-3)16-12(17)8-5-4-6-9(15)10(8)13(16)18/h4-7,11H,1-3H3/t11-/m0/s1. The van der Waals surface area contributed by atoms with Gasteiger partial charge in [-0.15, -0.1) is 0 Å². The third-order valence-electron chi connectivity index (χ3n) is 3.25. The van der Waals surface area contributed by atoms with Gasteiger partial charge >= 0.3 is 5.97 Å². The minimum atomic E-state index is -1.06. The fraction of sp³-hybridized carbons (Fsp3) is 0.357. The van der Waals surface area contributed by atoms with Crippen LogP contribution in [0.3, 0.4) is 0 Å². The van der Waals surface area contributed by atoms with Gasteiger partial charge in [-0.25, -0.2) is 9.18 Å². The van der Waals surface area contributed by atoms with E-state index in [9.17, 15) is 18.8 Å². The van der Waals surface area contributed by atoms with Gasteiger partial charge in [-0.1, -0.05) is 19.9 Å². The Morgan fingerprint density at radius 3 is 2.40 bits per heavy atom. The highest BCUT2D eigenvalue weighted by Gasteiger charge is 2.45. The molecule has 1 aliphatic heterocycles. The van der Waals surface area contributed by atoms with Crippen LogP contribution in [-0.2, 0) is 9.53 Å². The zero-order chi connectivity index (χ0) is 15.0. The zero-order valence-corrected chi connectivity index (χ0v) is 11.3. The zero-order valence-electron chi connectivity index (χ0n) is 11.3. The van der Waals surface area contributed by atoms with Gasteiger partial charge in [-0.2, -0.15) is 0 Å². The fourth-order valence-electron chi connectivity index (χ4n) is 2.31. The highest BCUT2D eigenvalue weighted by molar-refractivity contribution is 6.22. The molecule has 1 aliphatic rings. The number of nitrogens with zero attached hydrogens (tertiary/aromatic N) is 1. The highest BCUT2D eigenvalue weighted by Crippen LogP contribution is 2.29. The number of benzene rings is 1. The maximum absolute atomic E-state index is 13.7. The lowest BCUT2D eigenvalue weighted by Crippen LogP contribution is -2.48. The summed E-state index contributed by atoms with van der Waals surface area (Å²) < 4.78 is 18.4. The summed E-state index contributed by atoms with van der Waals surface area (Å²) in [4.78, 5) is 37.1. The van der Waals surface area contributed by atoms with Crippen LogP contribution < -0.4 is 0 Å². The quantitative estimate of drug-likeness (QED) is 0.623. The molecule has 1 aromatic carbocycles. The summed E-state index contributed by atoms with van der Waals surface area (Å²) in [6, 6.07) is 2.76. The molecule has 2 amide bonds. The molecule has 0 saturated carbocycles. The average molecular weight is 279 g/mol. The van der Waals surface area contributed by atoms with Gasteiger partial charge in [0.25, 0.3) is 11.8 Å². The molecule has 1 aromatic rings. The molecule has 0 bridgehead atoms. The monoisotopic (exact) mass is 279 g/mol. The van der Waals surface area contributed by atoms with Crippen molar-refractivity contribution in [3.63, 3.8) is 0 Å². The molecule has 106 valence electrons. The van der Waals surface area contributed by atoms with Gasteiger partial charge in [0.1, 0.15) is 11.9 Å². The van der Waals surface area contributed by atoms with Gasteiger partial charge in [0.05, 0.1) is 18.2 Å². The van der Waals surface area contributed by atoms with E-state index in [0.29, 0.717) is 0 Å². The second-order valence-corrected chi connectivity index (χ2v) is 4.85. The Kier molecular flexibility index (Phi) is 3.57. The van der Waals surface area contributed by atoms with Gasteiger partial charge in [0.2, 0.25) is 0 Å². The van der Waals surface area contributed by atoms with Crippen LogP contribution in [0.1, 0.15) is 34.6 Å². The summed E-state index contributed by atoms with van der Waals surface area (Å²) in [6.07, 6.45) is 0. The lowest BCUT2D eigenvalue weighted by atomic mass is 10.0. The number of imide groups is 1. The van der Waals surface area contributed by atoms with E-state index in [1.807, 2.05) is 0 Å². The van der Waals surface area contributed by atoms with Gasteiger partial charge < -0.3 is 4.74 Å². The number of halogens is 1. The molecule has 0 aliphatic carbocycles. The van der Waals surface area contributed by atoms with Crippen molar-refractivity contribution < 1.29 is 23.5 Å². The third-order valence-corrected chi connectivity index (χ3v) is 3.25. The minimum absolute atomic E-state index is 0.0236. The van der Waals surface area contributed by atoms with Crippen molar-refractivity contribution in [3.05, 3.63) is 35.1 Å². The van der Waals surface area contributed by atoms with Gasteiger partial charge in [0.15, 0.2) is 0 Å². The summed E-state index contributed by atoms with van der Waals surface area (Å²) in [5.74, 6) is -3.28. The van der Waals surface area contributed by atoms with Crippen LogP contribution in [0.4, 0.5) is 4.39 Å². The van der Waals surface area contributed by atoms with E-state index >= 15 is 0 Å². The fourth-order valence-corrected chi connectivity index (χ4v) is 2.31. The Labute approximate surface area is 115 Å². The number of carbonyl (C=O) groups is 3. The maximum Gasteiger partial charge on any atom is 0.329 e. The van der Waals surface area contributed by atoms with Crippen LogP contribution in [0.2, 0.25) is 0 Å². The Balaban J connectivity index is 2.51. The van der Waals surface area contributed by atoms with E-state index in [0.717, 1.165) is 11.0 Å². The van der Waals surface area contributed by atoms with E-state index in [1.165, 1.54) is 19.2 Å². The molecular formula is C14H14FNO4. The molecule has 1 heterocycles. The van der Waals surface area contributed by atoms with Crippen LogP contribution >= 0.6 is 0 Å². The first-order valence-electron chi connectivity index (χ1n) is 6.14. The van der Waals surface area contributed by atoms with Crippen molar-refractivity contribution in [1.29, 1.82) is 0 Å². The van der Waals surface area contributed by atoms with E-state index in [1.54, 1.807) is 13.8 Å². The lowest BCUT2D eigenvalue weighted by molar-refractivity contribution is -0.146. The van der Waals surface area contributed by atoms with Crippen LogP contribution in [0.15, 0.2) is 18.2 Å². The predicted octanol–water partition coefficient (Wildman–Crippen LogP) is 1.62. The van der Waals surface area contributed by atoms with Crippen molar-refractivity contribution in [3.8, 4) is 0 Å². The van der Waals surface area contributed by atoms with Crippen LogP contribution in [0, 0.1) is 11.7 Å². The van der Waals surface area contributed by atoms with Crippen molar-refractivity contribution >= 4 is 17.8 Å². The number of rotatable bonds is 3. The molecule has 0 aromatic heterocycles.